The van der Waals surface area contributed by atoms with E-state index in [4.69, 9.17) is 4.74 Å². The SMILES string of the molecule is CCCNC(Cc1cccc(OC)c1F)CC1CCC1. The number of rotatable bonds is 8. The van der Waals surface area contributed by atoms with Crippen molar-refractivity contribution in [1.82, 2.24) is 5.32 Å². The first-order valence-electron chi connectivity index (χ1n) is 7.79. The van der Waals surface area contributed by atoms with Gasteiger partial charge in [0.25, 0.3) is 0 Å². The van der Waals surface area contributed by atoms with Crippen LogP contribution in [0.4, 0.5) is 4.39 Å². The van der Waals surface area contributed by atoms with E-state index in [1.807, 2.05) is 12.1 Å². The molecule has 1 aromatic rings. The molecule has 1 unspecified atom stereocenters. The van der Waals surface area contributed by atoms with Gasteiger partial charge in [0.1, 0.15) is 0 Å². The molecule has 20 heavy (non-hydrogen) atoms. The molecule has 0 bridgehead atoms. The highest BCUT2D eigenvalue weighted by Gasteiger charge is 2.23. The van der Waals surface area contributed by atoms with Gasteiger partial charge in [0.2, 0.25) is 0 Å². The molecule has 0 radical (unpaired) electrons. The second-order valence-corrected chi connectivity index (χ2v) is 5.82. The van der Waals surface area contributed by atoms with Crippen molar-refractivity contribution in [1.29, 1.82) is 0 Å². The van der Waals surface area contributed by atoms with E-state index in [2.05, 4.69) is 12.2 Å². The summed E-state index contributed by atoms with van der Waals surface area (Å²) < 4.78 is 19.3. The van der Waals surface area contributed by atoms with Gasteiger partial charge in [-0.15, -0.1) is 0 Å². The highest BCUT2D eigenvalue weighted by atomic mass is 19.1. The molecule has 2 nitrogen and oxygen atoms in total. The Morgan fingerprint density at radius 3 is 2.80 bits per heavy atom. The van der Waals surface area contributed by atoms with Crippen LogP contribution >= 0.6 is 0 Å². The lowest BCUT2D eigenvalue weighted by molar-refractivity contribution is 0.258. The minimum absolute atomic E-state index is 0.202. The zero-order valence-electron chi connectivity index (χ0n) is 12.6. The van der Waals surface area contributed by atoms with Crippen molar-refractivity contribution in [2.24, 2.45) is 5.92 Å². The van der Waals surface area contributed by atoms with Gasteiger partial charge in [-0.2, -0.15) is 0 Å². The third-order valence-electron chi connectivity index (χ3n) is 4.26. The van der Waals surface area contributed by atoms with Gasteiger partial charge in [-0.05, 0) is 43.4 Å². The van der Waals surface area contributed by atoms with Gasteiger partial charge in [0.05, 0.1) is 7.11 Å². The Morgan fingerprint density at radius 1 is 1.40 bits per heavy atom. The fourth-order valence-electron chi connectivity index (χ4n) is 2.86. The van der Waals surface area contributed by atoms with Crippen molar-refractivity contribution < 1.29 is 9.13 Å². The van der Waals surface area contributed by atoms with Gasteiger partial charge >= 0.3 is 0 Å². The average Bonchev–Trinajstić information content (AvgIpc) is 2.41. The fourth-order valence-corrected chi connectivity index (χ4v) is 2.86. The standard InChI is InChI=1S/C17H26FNO/c1-3-10-19-15(11-13-6-4-7-13)12-14-8-5-9-16(20-2)17(14)18/h5,8-9,13,15,19H,3-4,6-7,10-12H2,1-2H3. The first kappa shape index (κ1) is 15.3. The van der Waals surface area contributed by atoms with E-state index in [-0.39, 0.29) is 5.82 Å². The van der Waals surface area contributed by atoms with Crippen LogP contribution in [0.3, 0.4) is 0 Å². The Hall–Kier alpha value is -1.09. The summed E-state index contributed by atoms with van der Waals surface area (Å²) in [5.74, 6) is 0.977. The molecule has 0 heterocycles. The van der Waals surface area contributed by atoms with Crippen LogP contribution in [0.1, 0.15) is 44.6 Å². The Kier molecular flexibility index (Phi) is 5.84. The third kappa shape index (κ3) is 3.95. The quantitative estimate of drug-likeness (QED) is 0.778. The monoisotopic (exact) mass is 279 g/mol. The minimum Gasteiger partial charge on any atom is -0.494 e. The first-order valence-corrected chi connectivity index (χ1v) is 7.79. The maximum atomic E-state index is 14.2. The van der Waals surface area contributed by atoms with Crippen LogP contribution in [-0.4, -0.2) is 19.7 Å². The molecule has 0 saturated heterocycles. The van der Waals surface area contributed by atoms with E-state index >= 15 is 0 Å². The van der Waals surface area contributed by atoms with Gasteiger partial charge in [0.15, 0.2) is 11.6 Å². The van der Waals surface area contributed by atoms with E-state index in [0.717, 1.165) is 37.3 Å². The Bertz CT molecular complexity index is 417. The highest BCUT2D eigenvalue weighted by Crippen LogP contribution is 2.31. The predicted molar refractivity (Wildman–Crippen MR) is 80.7 cm³/mol. The summed E-state index contributed by atoms with van der Waals surface area (Å²) in [6, 6.07) is 5.80. The summed E-state index contributed by atoms with van der Waals surface area (Å²) in [6.07, 6.45) is 7.06. The van der Waals surface area contributed by atoms with Crippen molar-refractivity contribution in [2.75, 3.05) is 13.7 Å². The van der Waals surface area contributed by atoms with Crippen molar-refractivity contribution >= 4 is 0 Å². The van der Waals surface area contributed by atoms with Crippen LogP contribution < -0.4 is 10.1 Å². The molecule has 1 aliphatic rings. The van der Waals surface area contributed by atoms with Crippen molar-refractivity contribution in [3.05, 3.63) is 29.6 Å². The lowest BCUT2D eigenvalue weighted by Gasteiger charge is -2.30. The Labute approximate surface area is 121 Å². The molecule has 0 aliphatic heterocycles. The number of hydrogen-bond donors (Lipinski definition) is 1. The molecule has 1 aromatic carbocycles. The molecule has 1 atom stereocenters. The smallest absolute Gasteiger partial charge is 0.168 e. The van der Waals surface area contributed by atoms with Crippen LogP contribution in [-0.2, 0) is 6.42 Å². The second kappa shape index (κ2) is 7.63. The van der Waals surface area contributed by atoms with Crippen LogP contribution in [0.15, 0.2) is 18.2 Å². The number of nitrogens with one attached hydrogen (secondary N) is 1. The summed E-state index contributed by atoms with van der Waals surface area (Å²) in [6.45, 7) is 3.17. The molecule has 0 amide bonds. The summed E-state index contributed by atoms with van der Waals surface area (Å²) in [7, 11) is 1.52. The van der Waals surface area contributed by atoms with Crippen molar-refractivity contribution in [3.63, 3.8) is 0 Å². The number of benzene rings is 1. The average molecular weight is 279 g/mol. The van der Waals surface area contributed by atoms with E-state index < -0.39 is 0 Å². The summed E-state index contributed by atoms with van der Waals surface area (Å²) >= 11 is 0. The second-order valence-electron chi connectivity index (χ2n) is 5.82. The van der Waals surface area contributed by atoms with E-state index in [0.29, 0.717) is 11.8 Å². The minimum atomic E-state index is -0.202. The predicted octanol–water partition coefficient (Wildman–Crippen LogP) is 3.94. The molecule has 1 fully saturated rings. The zero-order chi connectivity index (χ0) is 14.4. The number of methoxy groups -OCH3 is 1. The van der Waals surface area contributed by atoms with E-state index in [9.17, 15) is 4.39 Å². The molecular formula is C17H26FNO. The van der Waals surface area contributed by atoms with Gasteiger partial charge in [0, 0.05) is 6.04 Å². The van der Waals surface area contributed by atoms with E-state index in [1.54, 1.807) is 6.07 Å². The molecule has 3 heteroatoms. The lowest BCUT2D eigenvalue weighted by atomic mass is 9.80. The topological polar surface area (TPSA) is 21.3 Å². The molecule has 1 saturated carbocycles. The normalized spacial score (nSPS) is 16.8. The number of hydrogen-bond acceptors (Lipinski definition) is 2. The number of ether oxygens (including phenoxy) is 1. The van der Waals surface area contributed by atoms with Gasteiger partial charge < -0.3 is 10.1 Å². The number of halogens is 1. The summed E-state index contributed by atoms with van der Waals surface area (Å²) in [5, 5.41) is 3.57. The van der Waals surface area contributed by atoms with Crippen LogP contribution in [0.2, 0.25) is 0 Å². The largest absolute Gasteiger partial charge is 0.494 e. The Morgan fingerprint density at radius 2 is 2.20 bits per heavy atom. The van der Waals surface area contributed by atoms with Gasteiger partial charge in [-0.3, -0.25) is 0 Å². The molecule has 1 N–H and O–H groups in total. The van der Waals surface area contributed by atoms with Crippen LogP contribution in [0, 0.1) is 11.7 Å². The highest BCUT2D eigenvalue weighted by molar-refractivity contribution is 5.31. The Balaban J connectivity index is 2.01. The molecule has 1 aliphatic carbocycles. The molecule has 2 rings (SSSR count). The molecular weight excluding hydrogens is 253 g/mol. The zero-order valence-corrected chi connectivity index (χ0v) is 12.6. The lowest BCUT2D eigenvalue weighted by Crippen LogP contribution is -2.35. The molecule has 112 valence electrons. The van der Waals surface area contributed by atoms with Crippen molar-refractivity contribution in [3.8, 4) is 5.75 Å². The van der Waals surface area contributed by atoms with Crippen molar-refractivity contribution in [2.45, 2.75) is 51.5 Å². The van der Waals surface area contributed by atoms with E-state index in [1.165, 1.54) is 26.4 Å². The molecule has 0 spiro atoms. The van der Waals surface area contributed by atoms with Gasteiger partial charge in [-0.25, -0.2) is 4.39 Å². The first-order chi connectivity index (χ1) is 9.74. The third-order valence-corrected chi connectivity index (χ3v) is 4.26. The maximum Gasteiger partial charge on any atom is 0.168 e. The summed E-state index contributed by atoms with van der Waals surface area (Å²) in [4.78, 5) is 0. The fraction of sp³-hybridized carbons (Fsp3) is 0.647. The maximum absolute atomic E-state index is 14.2. The molecule has 0 aromatic heterocycles. The summed E-state index contributed by atoms with van der Waals surface area (Å²) in [5.41, 5.74) is 0.761. The van der Waals surface area contributed by atoms with Crippen LogP contribution in [0.25, 0.3) is 0 Å². The van der Waals surface area contributed by atoms with Crippen LogP contribution in [0.5, 0.6) is 5.75 Å². The van der Waals surface area contributed by atoms with Gasteiger partial charge in [-0.1, -0.05) is 38.3 Å².